The zero-order chi connectivity index (χ0) is 21.1. The van der Waals surface area contributed by atoms with Crippen LogP contribution in [0.2, 0.25) is 0 Å². The van der Waals surface area contributed by atoms with Gasteiger partial charge in [0.1, 0.15) is 0 Å². The molecule has 0 radical (unpaired) electrons. The van der Waals surface area contributed by atoms with E-state index in [1.54, 1.807) is 0 Å². The second-order valence-corrected chi connectivity index (χ2v) is 7.70. The zero-order valence-electron chi connectivity index (χ0n) is 17.2. The molecule has 4 aromatic rings. The van der Waals surface area contributed by atoms with Gasteiger partial charge in [0.05, 0.1) is 6.04 Å². The van der Waals surface area contributed by atoms with Gasteiger partial charge in [-0.1, -0.05) is 54.6 Å². The molecule has 3 aromatic carbocycles. The molecule has 6 heteroatoms. The summed E-state index contributed by atoms with van der Waals surface area (Å²) >= 11 is 0. The fourth-order valence-corrected chi connectivity index (χ4v) is 3.55. The van der Waals surface area contributed by atoms with E-state index in [4.69, 9.17) is 11.5 Å². The van der Waals surface area contributed by atoms with E-state index in [0.29, 0.717) is 11.8 Å². The van der Waals surface area contributed by atoms with Crippen LogP contribution in [0.1, 0.15) is 31.0 Å². The molecule has 0 aliphatic carbocycles. The molecule has 1 unspecified atom stereocenters. The first kappa shape index (κ1) is 19.8. The van der Waals surface area contributed by atoms with Crippen LogP contribution in [0.5, 0.6) is 0 Å². The molecule has 1 heterocycles. The first-order valence-corrected chi connectivity index (χ1v) is 10.1. The van der Waals surface area contributed by atoms with E-state index in [1.165, 1.54) is 10.8 Å². The van der Waals surface area contributed by atoms with Gasteiger partial charge in [0.15, 0.2) is 5.82 Å². The summed E-state index contributed by atoms with van der Waals surface area (Å²) in [7, 11) is 0. The molecule has 1 aromatic heterocycles. The smallest absolute Gasteiger partial charge is 0.228 e. The lowest BCUT2D eigenvalue weighted by Gasteiger charge is -2.16. The number of nitrogen functional groups attached to an aromatic ring is 1. The molecule has 0 saturated heterocycles. The highest BCUT2D eigenvalue weighted by molar-refractivity contribution is 5.83. The number of rotatable bonds is 6. The highest BCUT2D eigenvalue weighted by atomic mass is 15.2. The minimum Gasteiger partial charge on any atom is -0.368 e. The van der Waals surface area contributed by atoms with Crippen LogP contribution in [0, 0.1) is 0 Å². The molecule has 0 spiro atoms. The lowest BCUT2D eigenvalue weighted by molar-refractivity contribution is 0.738. The van der Waals surface area contributed by atoms with Crippen LogP contribution < -0.4 is 16.8 Å². The van der Waals surface area contributed by atoms with Crippen molar-refractivity contribution in [2.24, 2.45) is 5.73 Å². The highest BCUT2D eigenvalue weighted by Gasteiger charge is 2.12. The van der Waals surface area contributed by atoms with Gasteiger partial charge in [0.25, 0.3) is 0 Å². The molecule has 0 fully saturated rings. The average Bonchev–Trinajstić information content (AvgIpc) is 2.72. The van der Waals surface area contributed by atoms with E-state index in [1.807, 2.05) is 31.2 Å². The number of hydrogen-bond donors (Lipinski definition) is 3. The standard InChI is InChI=1S/C24H26N6/c1-15(25)12-17-6-5-9-21(13-17)22-28-23(26)30-24(29-22)27-16(2)19-11-10-18-7-3-4-8-20(18)14-19/h3-11,13-16H,12,25H2,1-2H3,(H3,26,27,28,29,30)/t15?,16-/m1/s1. The van der Waals surface area contributed by atoms with Crippen LogP contribution in [0.25, 0.3) is 22.2 Å². The zero-order valence-corrected chi connectivity index (χ0v) is 17.2. The minimum absolute atomic E-state index is 0.00804. The van der Waals surface area contributed by atoms with E-state index < -0.39 is 0 Å². The molecule has 0 saturated carbocycles. The highest BCUT2D eigenvalue weighted by Crippen LogP contribution is 2.24. The third-order valence-electron chi connectivity index (χ3n) is 5.01. The molecule has 5 N–H and O–H groups in total. The predicted molar refractivity (Wildman–Crippen MR) is 123 cm³/mol. The number of hydrogen-bond acceptors (Lipinski definition) is 6. The van der Waals surface area contributed by atoms with Crippen molar-refractivity contribution in [2.45, 2.75) is 32.4 Å². The first-order valence-electron chi connectivity index (χ1n) is 10.1. The van der Waals surface area contributed by atoms with Gasteiger partial charge in [0, 0.05) is 11.6 Å². The number of fused-ring (bicyclic) bond motifs is 1. The van der Waals surface area contributed by atoms with Crippen molar-refractivity contribution in [1.29, 1.82) is 0 Å². The minimum atomic E-state index is 0.00804. The Labute approximate surface area is 176 Å². The molecule has 0 aliphatic heterocycles. The Morgan fingerprint density at radius 2 is 1.67 bits per heavy atom. The maximum atomic E-state index is 5.98. The Kier molecular flexibility index (Phi) is 5.59. The summed E-state index contributed by atoms with van der Waals surface area (Å²) in [4.78, 5) is 13.2. The van der Waals surface area contributed by atoms with Crippen LogP contribution >= 0.6 is 0 Å². The van der Waals surface area contributed by atoms with Crippen molar-refractivity contribution in [3.63, 3.8) is 0 Å². The van der Waals surface area contributed by atoms with Gasteiger partial charge in [-0.3, -0.25) is 0 Å². The number of benzene rings is 3. The van der Waals surface area contributed by atoms with Crippen molar-refractivity contribution in [3.8, 4) is 11.4 Å². The largest absolute Gasteiger partial charge is 0.368 e. The Bertz CT molecular complexity index is 1170. The third-order valence-corrected chi connectivity index (χ3v) is 5.01. The molecular weight excluding hydrogens is 372 g/mol. The Morgan fingerprint density at radius 1 is 0.867 bits per heavy atom. The van der Waals surface area contributed by atoms with Gasteiger partial charge < -0.3 is 16.8 Å². The van der Waals surface area contributed by atoms with Crippen molar-refractivity contribution in [3.05, 3.63) is 77.9 Å². The summed E-state index contributed by atoms with van der Waals surface area (Å²) < 4.78 is 0. The fraction of sp³-hybridized carbons (Fsp3) is 0.208. The van der Waals surface area contributed by atoms with Gasteiger partial charge in [-0.15, -0.1) is 0 Å². The van der Waals surface area contributed by atoms with Crippen LogP contribution in [-0.4, -0.2) is 21.0 Å². The summed E-state index contributed by atoms with van der Waals surface area (Å²) in [6, 6.07) is 22.9. The van der Waals surface area contributed by atoms with Crippen molar-refractivity contribution < 1.29 is 0 Å². The Hall–Kier alpha value is -3.51. The summed E-state index contributed by atoms with van der Waals surface area (Å²) in [6.45, 7) is 4.07. The van der Waals surface area contributed by atoms with Crippen molar-refractivity contribution in [1.82, 2.24) is 15.0 Å². The topological polar surface area (TPSA) is 103 Å². The molecule has 4 rings (SSSR count). The lowest BCUT2D eigenvalue weighted by Crippen LogP contribution is -2.17. The van der Waals surface area contributed by atoms with Crippen LogP contribution in [0.15, 0.2) is 66.7 Å². The summed E-state index contributed by atoms with van der Waals surface area (Å²) in [5.41, 5.74) is 15.1. The lowest BCUT2D eigenvalue weighted by atomic mass is 10.0. The normalized spacial score (nSPS) is 13.2. The predicted octanol–water partition coefficient (Wildman–Crippen LogP) is 4.34. The number of aromatic nitrogens is 3. The van der Waals surface area contributed by atoms with Crippen LogP contribution in [0.4, 0.5) is 11.9 Å². The quantitative estimate of drug-likeness (QED) is 0.446. The van der Waals surface area contributed by atoms with Gasteiger partial charge in [-0.2, -0.15) is 15.0 Å². The maximum absolute atomic E-state index is 5.98. The van der Waals surface area contributed by atoms with Crippen molar-refractivity contribution in [2.75, 3.05) is 11.1 Å². The molecular formula is C24H26N6. The molecule has 152 valence electrons. The molecule has 30 heavy (non-hydrogen) atoms. The Morgan fingerprint density at radius 3 is 2.47 bits per heavy atom. The Balaban J connectivity index is 1.60. The summed E-state index contributed by atoms with van der Waals surface area (Å²) in [5.74, 6) is 1.18. The second kappa shape index (κ2) is 8.47. The second-order valence-electron chi connectivity index (χ2n) is 7.70. The maximum Gasteiger partial charge on any atom is 0.228 e. The van der Waals surface area contributed by atoms with Crippen molar-refractivity contribution >= 4 is 22.7 Å². The van der Waals surface area contributed by atoms with Gasteiger partial charge in [-0.25, -0.2) is 0 Å². The number of nitrogens with zero attached hydrogens (tertiary/aromatic N) is 3. The average molecular weight is 399 g/mol. The summed E-state index contributed by atoms with van der Waals surface area (Å²) in [5, 5.41) is 5.77. The number of anilines is 2. The number of nitrogens with one attached hydrogen (secondary N) is 1. The van der Waals surface area contributed by atoms with Gasteiger partial charge in [-0.05, 0) is 54.3 Å². The molecule has 0 bridgehead atoms. The van der Waals surface area contributed by atoms with E-state index in [9.17, 15) is 0 Å². The fourth-order valence-electron chi connectivity index (χ4n) is 3.55. The van der Waals surface area contributed by atoms with Crippen LogP contribution in [-0.2, 0) is 6.42 Å². The monoisotopic (exact) mass is 398 g/mol. The van der Waals surface area contributed by atoms with Gasteiger partial charge in [0.2, 0.25) is 11.9 Å². The third kappa shape index (κ3) is 4.55. The number of nitrogens with two attached hydrogens (primary N) is 2. The van der Waals surface area contributed by atoms with E-state index >= 15 is 0 Å². The molecule has 6 nitrogen and oxygen atoms in total. The van der Waals surface area contributed by atoms with E-state index in [2.05, 4.69) is 69.7 Å². The van der Waals surface area contributed by atoms with E-state index in [-0.39, 0.29) is 18.0 Å². The van der Waals surface area contributed by atoms with Crippen LogP contribution in [0.3, 0.4) is 0 Å². The molecule has 0 aliphatic rings. The van der Waals surface area contributed by atoms with E-state index in [0.717, 1.165) is 23.1 Å². The molecule has 2 atom stereocenters. The van der Waals surface area contributed by atoms with Gasteiger partial charge >= 0.3 is 0 Å². The first-order chi connectivity index (χ1) is 14.5. The summed E-state index contributed by atoms with van der Waals surface area (Å²) in [6.07, 6.45) is 0.790. The molecule has 0 amide bonds. The SMILES string of the molecule is CC(N)Cc1cccc(-c2nc(N)nc(N[C@H](C)c3ccc4ccccc4c3)n2)c1.